The van der Waals surface area contributed by atoms with Crippen molar-refractivity contribution in [1.29, 1.82) is 0 Å². The van der Waals surface area contributed by atoms with Gasteiger partial charge in [0.2, 0.25) is 0 Å². The SMILES string of the molecule is NC(=O)N(c1cccc(C#Cc2c(N)ncnc2N)c1)c1cccc(C(F)(F)F)c1. The predicted molar refractivity (Wildman–Crippen MR) is 106 cm³/mol. The summed E-state index contributed by atoms with van der Waals surface area (Å²) in [7, 11) is 0. The van der Waals surface area contributed by atoms with E-state index >= 15 is 0 Å². The second kappa shape index (κ2) is 8.00. The number of nitrogens with two attached hydrogens (primary N) is 3. The molecule has 0 aliphatic heterocycles. The highest BCUT2D eigenvalue weighted by atomic mass is 19.4. The van der Waals surface area contributed by atoms with Gasteiger partial charge in [-0.05, 0) is 36.4 Å². The van der Waals surface area contributed by atoms with Crippen molar-refractivity contribution in [3.8, 4) is 11.8 Å². The molecule has 0 unspecified atom stereocenters. The number of hydrogen-bond donors (Lipinski definition) is 3. The molecule has 0 fully saturated rings. The van der Waals surface area contributed by atoms with Crippen LogP contribution in [-0.2, 0) is 6.18 Å². The maximum Gasteiger partial charge on any atom is 0.416 e. The van der Waals surface area contributed by atoms with Gasteiger partial charge in [0, 0.05) is 5.56 Å². The van der Waals surface area contributed by atoms with Crippen molar-refractivity contribution in [3.05, 3.63) is 71.5 Å². The molecule has 2 amide bonds. The second-order valence-electron chi connectivity index (χ2n) is 6.04. The molecule has 3 aromatic rings. The van der Waals surface area contributed by atoms with E-state index in [1.54, 1.807) is 12.1 Å². The van der Waals surface area contributed by atoms with Crippen LogP contribution in [0.2, 0.25) is 0 Å². The molecule has 0 saturated carbocycles. The smallest absolute Gasteiger partial charge is 0.382 e. The first kappa shape index (κ1) is 20.5. The molecule has 0 aliphatic rings. The van der Waals surface area contributed by atoms with Crippen LogP contribution < -0.4 is 22.1 Å². The molecule has 0 aliphatic carbocycles. The lowest BCUT2D eigenvalue weighted by Crippen LogP contribution is -2.31. The Hall–Kier alpha value is -4.26. The Balaban J connectivity index is 2.01. The monoisotopic (exact) mass is 412 g/mol. The molecule has 1 heterocycles. The summed E-state index contributed by atoms with van der Waals surface area (Å²) in [6.45, 7) is 0. The van der Waals surface area contributed by atoms with Crippen LogP contribution in [0.25, 0.3) is 0 Å². The zero-order valence-electron chi connectivity index (χ0n) is 15.3. The zero-order chi connectivity index (χ0) is 21.9. The number of carbonyl (C=O) groups is 1. The van der Waals surface area contributed by atoms with E-state index in [1.165, 1.54) is 30.6 Å². The van der Waals surface area contributed by atoms with Gasteiger partial charge in [0.05, 0.1) is 16.9 Å². The highest BCUT2D eigenvalue weighted by Crippen LogP contribution is 2.34. The number of hydrogen-bond acceptors (Lipinski definition) is 5. The molecule has 3 rings (SSSR count). The summed E-state index contributed by atoms with van der Waals surface area (Å²) in [4.78, 5) is 20.6. The minimum absolute atomic E-state index is 0.0348. The fraction of sp³-hybridized carbons (Fsp3) is 0.0500. The van der Waals surface area contributed by atoms with Crippen molar-refractivity contribution in [3.63, 3.8) is 0 Å². The molecule has 10 heteroatoms. The molecule has 2 aromatic carbocycles. The van der Waals surface area contributed by atoms with Crippen molar-refractivity contribution in [2.45, 2.75) is 6.18 Å². The number of benzene rings is 2. The van der Waals surface area contributed by atoms with E-state index in [0.717, 1.165) is 17.0 Å². The minimum Gasteiger partial charge on any atom is -0.382 e. The summed E-state index contributed by atoms with van der Waals surface area (Å²) >= 11 is 0. The summed E-state index contributed by atoms with van der Waals surface area (Å²) in [5.74, 6) is 5.78. The van der Waals surface area contributed by atoms with Crippen LogP contribution in [0.1, 0.15) is 16.7 Å². The van der Waals surface area contributed by atoms with E-state index in [9.17, 15) is 18.0 Å². The van der Waals surface area contributed by atoms with Gasteiger partial charge < -0.3 is 17.2 Å². The Morgan fingerprint density at radius 2 is 1.53 bits per heavy atom. The first-order valence-corrected chi connectivity index (χ1v) is 8.41. The number of alkyl halides is 3. The molecule has 0 saturated heterocycles. The lowest BCUT2D eigenvalue weighted by atomic mass is 10.1. The maximum absolute atomic E-state index is 13.0. The number of amides is 2. The predicted octanol–water partition coefficient (Wildman–Crippen LogP) is 3.28. The summed E-state index contributed by atoms with van der Waals surface area (Å²) in [6, 6.07) is 9.56. The molecule has 30 heavy (non-hydrogen) atoms. The van der Waals surface area contributed by atoms with Gasteiger partial charge in [-0.1, -0.05) is 24.0 Å². The van der Waals surface area contributed by atoms with E-state index in [-0.39, 0.29) is 28.6 Å². The third kappa shape index (κ3) is 4.41. The number of carbonyl (C=O) groups excluding carboxylic acids is 1. The number of nitrogen functional groups attached to an aromatic ring is 2. The quantitative estimate of drug-likeness (QED) is 0.557. The fourth-order valence-electron chi connectivity index (χ4n) is 2.62. The number of halogens is 3. The van der Waals surface area contributed by atoms with Crippen LogP contribution in [-0.4, -0.2) is 16.0 Å². The van der Waals surface area contributed by atoms with Crippen molar-refractivity contribution in [2.75, 3.05) is 16.4 Å². The fourth-order valence-corrected chi connectivity index (χ4v) is 2.62. The van der Waals surface area contributed by atoms with Crippen LogP contribution in [0.5, 0.6) is 0 Å². The molecular weight excluding hydrogens is 397 g/mol. The average Bonchev–Trinajstić information content (AvgIpc) is 2.67. The first-order valence-electron chi connectivity index (χ1n) is 8.41. The summed E-state index contributed by atoms with van der Waals surface area (Å²) in [5.41, 5.74) is 16.9. The van der Waals surface area contributed by atoms with E-state index < -0.39 is 17.8 Å². The Morgan fingerprint density at radius 3 is 2.13 bits per heavy atom. The van der Waals surface area contributed by atoms with Crippen LogP contribution in [0.3, 0.4) is 0 Å². The highest BCUT2D eigenvalue weighted by Gasteiger charge is 2.31. The zero-order valence-corrected chi connectivity index (χ0v) is 15.3. The van der Waals surface area contributed by atoms with Gasteiger partial charge in [-0.15, -0.1) is 0 Å². The molecule has 1 aromatic heterocycles. The Morgan fingerprint density at radius 1 is 0.933 bits per heavy atom. The van der Waals surface area contributed by atoms with Crippen LogP contribution in [0.15, 0.2) is 54.9 Å². The van der Waals surface area contributed by atoms with Gasteiger partial charge in [-0.25, -0.2) is 14.8 Å². The number of primary amides is 1. The summed E-state index contributed by atoms with van der Waals surface area (Å²) < 4.78 is 39.1. The van der Waals surface area contributed by atoms with Crippen molar-refractivity contribution >= 4 is 29.0 Å². The molecule has 152 valence electrons. The van der Waals surface area contributed by atoms with Gasteiger partial charge in [0.1, 0.15) is 23.5 Å². The van der Waals surface area contributed by atoms with Crippen LogP contribution in [0.4, 0.5) is 41.0 Å². The number of anilines is 4. The van der Waals surface area contributed by atoms with Gasteiger partial charge in [0.25, 0.3) is 0 Å². The van der Waals surface area contributed by atoms with Gasteiger partial charge in [-0.2, -0.15) is 13.2 Å². The number of nitrogens with zero attached hydrogens (tertiary/aromatic N) is 3. The third-order valence-electron chi connectivity index (χ3n) is 3.99. The van der Waals surface area contributed by atoms with Crippen LogP contribution in [0, 0.1) is 11.8 Å². The largest absolute Gasteiger partial charge is 0.416 e. The topological polar surface area (TPSA) is 124 Å². The van der Waals surface area contributed by atoms with E-state index in [0.29, 0.717) is 5.56 Å². The average molecular weight is 412 g/mol. The highest BCUT2D eigenvalue weighted by molar-refractivity contribution is 5.98. The summed E-state index contributed by atoms with van der Waals surface area (Å²) in [5, 5.41) is 0. The number of rotatable bonds is 2. The maximum atomic E-state index is 13.0. The van der Waals surface area contributed by atoms with Gasteiger partial charge >= 0.3 is 12.2 Å². The molecule has 0 bridgehead atoms. The van der Waals surface area contributed by atoms with Crippen molar-refractivity contribution in [2.24, 2.45) is 5.73 Å². The standard InChI is InChI=1S/C20H15F3N6O/c21-20(22,23)13-4-2-6-15(10-13)29(19(26)30)14-5-1-3-12(9-14)7-8-16-17(24)27-11-28-18(16)25/h1-6,9-11H,(H2,26,30)(H4,24,25,27,28). The Bertz CT molecular complexity index is 1150. The molecule has 6 N–H and O–H groups in total. The second-order valence-corrected chi connectivity index (χ2v) is 6.04. The van der Waals surface area contributed by atoms with Gasteiger partial charge in [0.15, 0.2) is 0 Å². The molecular formula is C20H15F3N6O. The van der Waals surface area contributed by atoms with E-state index in [2.05, 4.69) is 21.8 Å². The van der Waals surface area contributed by atoms with Crippen molar-refractivity contribution < 1.29 is 18.0 Å². The van der Waals surface area contributed by atoms with E-state index in [1.807, 2.05) is 0 Å². The van der Waals surface area contributed by atoms with Gasteiger partial charge in [-0.3, -0.25) is 4.90 Å². The third-order valence-corrected chi connectivity index (χ3v) is 3.99. The lowest BCUT2D eigenvalue weighted by molar-refractivity contribution is -0.137. The normalized spacial score (nSPS) is 10.8. The lowest BCUT2D eigenvalue weighted by Gasteiger charge is -2.22. The number of aromatic nitrogens is 2. The first-order chi connectivity index (χ1) is 14.2. The molecule has 7 nitrogen and oxygen atoms in total. The summed E-state index contributed by atoms with van der Waals surface area (Å²) in [6.07, 6.45) is -3.36. The molecule has 0 spiro atoms. The number of urea groups is 1. The molecule has 0 atom stereocenters. The van der Waals surface area contributed by atoms with Crippen molar-refractivity contribution in [1.82, 2.24) is 9.97 Å². The molecule has 0 radical (unpaired) electrons. The van der Waals surface area contributed by atoms with E-state index in [4.69, 9.17) is 17.2 Å². The Kier molecular flexibility index (Phi) is 5.46. The van der Waals surface area contributed by atoms with Crippen LogP contribution >= 0.6 is 0 Å². The Labute approximate surface area is 169 Å². The minimum atomic E-state index is -4.57.